The molecule has 0 radical (unpaired) electrons. The molecule has 0 saturated carbocycles. The highest BCUT2D eigenvalue weighted by Crippen LogP contribution is 2.12. The smallest absolute Gasteiger partial charge is 0.0713 e. The number of unbranched alkanes of at least 4 members (excludes halogenated alkanes) is 7. The molecule has 2 heteroatoms. The summed E-state index contributed by atoms with van der Waals surface area (Å²) in [4.78, 5) is 0. The number of hydrogen-bond acceptors (Lipinski definition) is 0. The largest absolute Gasteiger partial charge is 0.102 e. The van der Waals surface area contributed by atoms with E-state index in [2.05, 4.69) is 6.92 Å². The predicted molar refractivity (Wildman–Crippen MR) is 62.4 cm³/mol. The SMILES string of the molecule is CCCCCCCCCC=C(Cl)Cl. The van der Waals surface area contributed by atoms with Gasteiger partial charge in [0.05, 0.1) is 0 Å². The van der Waals surface area contributed by atoms with E-state index >= 15 is 0 Å². The first kappa shape index (κ1) is 13.3. The minimum absolute atomic E-state index is 0.408. The Morgan fingerprint density at radius 3 is 2.00 bits per heavy atom. The molecular formula is C11H20Cl2. The predicted octanol–water partition coefficient (Wildman–Crippen LogP) is 5.45. The zero-order valence-corrected chi connectivity index (χ0v) is 10.0. The lowest BCUT2D eigenvalue weighted by molar-refractivity contribution is 0.592. The highest BCUT2D eigenvalue weighted by Gasteiger charge is 1.90. The van der Waals surface area contributed by atoms with Crippen molar-refractivity contribution in [1.82, 2.24) is 0 Å². The number of allylic oxidation sites excluding steroid dienone is 1. The van der Waals surface area contributed by atoms with Crippen LogP contribution < -0.4 is 0 Å². The van der Waals surface area contributed by atoms with Gasteiger partial charge in [-0.25, -0.2) is 0 Å². The van der Waals surface area contributed by atoms with Gasteiger partial charge in [0.2, 0.25) is 0 Å². The molecule has 0 nitrogen and oxygen atoms in total. The van der Waals surface area contributed by atoms with Gasteiger partial charge in [0.25, 0.3) is 0 Å². The van der Waals surface area contributed by atoms with Crippen LogP contribution in [0.4, 0.5) is 0 Å². The van der Waals surface area contributed by atoms with Gasteiger partial charge in [-0.3, -0.25) is 0 Å². The van der Waals surface area contributed by atoms with Crippen molar-refractivity contribution in [1.29, 1.82) is 0 Å². The molecule has 78 valence electrons. The third-order valence-corrected chi connectivity index (χ3v) is 2.41. The fraction of sp³-hybridized carbons (Fsp3) is 0.818. The Kier molecular flexibility index (Phi) is 10.7. The van der Waals surface area contributed by atoms with Gasteiger partial charge in [0, 0.05) is 0 Å². The molecule has 0 aliphatic heterocycles. The molecule has 0 aromatic carbocycles. The maximum atomic E-state index is 5.49. The number of hydrogen-bond donors (Lipinski definition) is 0. The maximum Gasteiger partial charge on any atom is 0.102 e. The van der Waals surface area contributed by atoms with Crippen LogP contribution in [-0.4, -0.2) is 0 Å². The van der Waals surface area contributed by atoms with E-state index in [0.717, 1.165) is 6.42 Å². The molecule has 0 atom stereocenters. The fourth-order valence-corrected chi connectivity index (χ4v) is 1.53. The van der Waals surface area contributed by atoms with E-state index in [1.165, 1.54) is 44.9 Å². The Morgan fingerprint density at radius 1 is 0.923 bits per heavy atom. The van der Waals surface area contributed by atoms with Crippen molar-refractivity contribution in [2.24, 2.45) is 0 Å². The van der Waals surface area contributed by atoms with Crippen LogP contribution in [0.15, 0.2) is 10.6 Å². The molecule has 0 heterocycles. The van der Waals surface area contributed by atoms with E-state index in [9.17, 15) is 0 Å². The number of halogens is 2. The molecule has 0 spiro atoms. The molecule has 0 aliphatic carbocycles. The van der Waals surface area contributed by atoms with Gasteiger partial charge in [-0.2, -0.15) is 0 Å². The molecular weight excluding hydrogens is 203 g/mol. The van der Waals surface area contributed by atoms with Crippen LogP contribution >= 0.6 is 23.2 Å². The zero-order valence-electron chi connectivity index (χ0n) is 8.49. The molecule has 0 amide bonds. The zero-order chi connectivity index (χ0) is 9.94. The second-order valence-electron chi connectivity index (χ2n) is 3.40. The summed E-state index contributed by atoms with van der Waals surface area (Å²) in [5, 5.41) is 0. The summed E-state index contributed by atoms with van der Waals surface area (Å²) in [5.41, 5.74) is 0. The van der Waals surface area contributed by atoms with Gasteiger partial charge in [-0.1, -0.05) is 74.7 Å². The Balaban J connectivity index is 2.96. The summed E-state index contributed by atoms with van der Waals surface area (Å²) < 4.78 is 0.408. The Hall–Kier alpha value is 0.320. The van der Waals surface area contributed by atoms with Crippen LogP contribution in [0, 0.1) is 0 Å². The van der Waals surface area contributed by atoms with Crippen LogP contribution in [0.25, 0.3) is 0 Å². The molecule has 0 N–H and O–H groups in total. The van der Waals surface area contributed by atoms with Crippen molar-refractivity contribution in [3.05, 3.63) is 10.6 Å². The average molecular weight is 223 g/mol. The van der Waals surface area contributed by atoms with E-state index < -0.39 is 0 Å². The third kappa shape index (κ3) is 12.3. The minimum Gasteiger partial charge on any atom is -0.0713 e. The molecule has 0 rings (SSSR count). The van der Waals surface area contributed by atoms with Crippen molar-refractivity contribution in [3.8, 4) is 0 Å². The lowest BCUT2D eigenvalue weighted by atomic mass is 10.1. The third-order valence-electron chi connectivity index (χ3n) is 2.11. The lowest BCUT2D eigenvalue weighted by Gasteiger charge is -1.98. The highest BCUT2D eigenvalue weighted by molar-refractivity contribution is 6.55. The monoisotopic (exact) mass is 222 g/mol. The van der Waals surface area contributed by atoms with Gasteiger partial charge in [0.1, 0.15) is 4.49 Å². The Morgan fingerprint density at radius 2 is 1.46 bits per heavy atom. The normalized spacial score (nSPS) is 10.1. The quantitative estimate of drug-likeness (QED) is 0.480. The van der Waals surface area contributed by atoms with Gasteiger partial charge >= 0.3 is 0 Å². The average Bonchev–Trinajstić information content (AvgIpc) is 2.09. The van der Waals surface area contributed by atoms with E-state index in [-0.39, 0.29) is 0 Å². The fourth-order valence-electron chi connectivity index (χ4n) is 1.31. The summed E-state index contributed by atoms with van der Waals surface area (Å²) in [6.07, 6.45) is 12.3. The van der Waals surface area contributed by atoms with Crippen LogP contribution in [0.1, 0.15) is 58.3 Å². The molecule has 13 heavy (non-hydrogen) atoms. The Bertz CT molecular complexity index is 126. The lowest BCUT2D eigenvalue weighted by Crippen LogP contribution is -1.78. The van der Waals surface area contributed by atoms with Crippen molar-refractivity contribution in [3.63, 3.8) is 0 Å². The molecule has 0 aromatic rings. The van der Waals surface area contributed by atoms with Crippen molar-refractivity contribution < 1.29 is 0 Å². The summed E-state index contributed by atoms with van der Waals surface area (Å²) in [5.74, 6) is 0. The molecule has 0 aliphatic rings. The van der Waals surface area contributed by atoms with Crippen molar-refractivity contribution in [2.45, 2.75) is 58.3 Å². The second kappa shape index (κ2) is 10.4. The van der Waals surface area contributed by atoms with Crippen LogP contribution in [0.5, 0.6) is 0 Å². The standard InChI is InChI=1S/C11H20Cl2/c1-2-3-4-5-6-7-8-9-10-11(12)13/h10H,2-9H2,1H3. The molecule has 0 bridgehead atoms. The second-order valence-corrected chi connectivity index (χ2v) is 4.41. The first-order chi connectivity index (χ1) is 6.27. The summed E-state index contributed by atoms with van der Waals surface area (Å²) in [7, 11) is 0. The highest BCUT2D eigenvalue weighted by atomic mass is 35.5. The van der Waals surface area contributed by atoms with Crippen LogP contribution in [0.3, 0.4) is 0 Å². The van der Waals surface area contributed by atoms with Gasteiger partial charge in [-0.05, 0) is 12.8 Å². The first-order valence-electron chi connectivity index (χ1n) is 5.28. The molecule has 0 aromatic heterocycles. The van der Waals surface area contributed by atoms with Crippen LogP contribution in [-0.2, 0) is 0 Å². The summed E-state index contributed by atoms with van der Waals surface area (Å²) >= 11 is 11.0. The molecule has 0 fully saturated rings. The van der Waals surface area contributed by atoms with Gasteiger partial charge in [0.15, 0.2) is 0 Å². The molecule has 0 saturated heterocycles. The summed E-state index contributed by atoms with van der Waals surface area (Å²) in [6.45, 7) is 2.24. The topological polar surface area (TPSA) is 0 Å². The minimum atomic E-state index is 0.408. The van der Waals surface area contributed by atoms with Gasteiger partial charge in [-0.15, -0.1) is 0 Å². The Labute approximate surface area is 92.3 Å². The van der Waals surface area contributed by atoms with E-state index in [4.69, 9.17) is 23.2 Å². The van der Waals surface area contributed by atoms with Crippen LogP contribution in [0.2, 0.25) is 0 Å². The maximum absolute atomic E-state index is 5.49. The van der Waals surface area contributed by atoms with Crippen molar-refractivity contribution >= 4 is 23.2 Å². The van der Waals surface area contributed by atoms with E-state index in [1.807, 2.05) is 6.08 Å². The first-order valence-corrected chi connectivity index (χ1v) is 6.04. The van der Waals surface area contributed by atoms with Crippen molar-refractivity contribution in [2.75, 3.05) is 0 Å². The molecule has 0 unspecified atom stereocenters. The van der Waals surface area contributed by atoms with E-state index in [1.54, 1.807) is 0 Å². The number of rotatable bonds is 8. The summed E-state index contributed by atoms with van der Waals surface area (Å²) in [6, 6.07) is 0. The van der Waals surface area contributed by atoms with Gasteiger partial charge < -0.3 is 0 Å². The van der Waals surface area contributed by atoms with E-state index in [0.29, 0.717) is 4.49 Å².